The first-order chi connectivity index (χ1) is 16.1. The molecule has 33 heavy (non-hydrogen) atoms. The van der Waals surface area contributed by atoms with Gasteiger partial charge in [-0.1, -0.05) is 18.2 Å². The standard InChI is InChI=1S/C24H24N6O3/c1-2-33-24(32)19-14-20(30(29-19)18-6-4-3-5-7-18)23(31)25-17-12-10-16(11-13-17)22-26-21(27-28-22)15-8-9-15/h3-7,10-13,15,20H,2,8-9,14H2,1H3,(H,25,31)(H,26,27,28). The van der Waals surface area contributed by atoms with Gasteiger partial charge in [0.1, 0.15) is 17.6 Å². The van der Waals surface area contributed by atoms with E-state index < -0.39 is 12.0 Å². The third-order valence-corrected chi connectivity index (χ3v) is 5.62. The molecule has 0 spiro atoms. The molecule has 1 fully saturated rings. The second kappa shape index (κ2) is 8.85. The van der Waals surface area contributed by atoms with E-state index in [4.69, 9.17) is 4.74 Å². The molecule has 3 aromatic rings. The molecule has 0 radical (unpaired) electrons. The third-order valence-electron chi connectivity index (χ3n) is 5.62. The van der Waals surface area contributed by atoms with Gasteiger partial charge in [-0.2, -0.15) is 10.2 Å². The summed E-state index contributed by atoms with van der Waals surface area (Å²) in [4.78, 5) is 30.0. The third kappa shape index (κ3) is 4.48. The highest BCUT2D eigenvalue weighted by atomic mass is 16.5. The molecule has 2 aliphatic rings. The summed E-state index contributed by atoms with van der Waals surface area (Å²) in [6.07, 6.45) is 2.48. The maximum Gasteiger partial charge on any atom is 0.354 e. The minimum absolute atomic E-state index is 0.165. The van der Waals surface area contributed by atoms with Crippen molar-refractivity contribution in [3.05, 3.63) is 60.4 Å². The molecule has 2 heterocycles. The second-order valence-corrected chi connectivity index (χ2v) is 8.05. The Labute approximate surface area is 190 Å². The van der Waals surface area contributed by atoms with Gasteiger partial charge in [0.05, 0.1) is 12.3 Å². The molecular formula is C24H24N6O3. The van der Waals surface area contributed by atoms with Gasteiger partial charge >= 0.3 is 5.97 Å². The van der Waals surface area contributed by atoms with Gasteiger partial charge in [0.15, 0.2) is 5.82 Å². The van der Waals surface area contributed by atoms with Crippen LogP contribution in [0.25, 0.3) is 11.4 Å². The van der Waals surface area contributed by atoms with Crippen molar-refractivity contribution < 1.29 is 14.3 Å². The molecule has 9 heteroatoms. The van der Waals surface area contributed by atoms with Crippen LogP contribution in [0.15, 0.2) is 59.7 Å². The summed E-state index contributed by atoms with van der Waals surface area (Å²) in [5, 5.41) is 16.2. The van der Waals surface area contributed by atoms with Gasteiger partial charge in [-0.3, -0.25) is 14.9 Å². The van der Waals surface area contributed by atoms with Crippen molar-refractivity contribution in [2.75, 3.05) is 16.9 Å². The van der Waals surface area contributed by atoms with Crippen molar-refractivity contribution in [2.24, 2.45) is 5.10 Å². The summed E-state index contributed by atoms with van der Waals surface area (Å²) in [6.45, 7) is 1.99. The quantitative estimate of drug-likeness (QED) is 0.540. The topological polar surface area (TPSA) is 113 Å². The zero-order chi connectivity index (χ0) is 22.8. The summed E-state index contributed by atoms with van der Waals surface area (Å²) < 4.78 is 5.09. The number of aromatic amines is 1. The predicted molar refractivity (Wildman–Crippen MR) is 124 cm³/mol. The van der Waals surface area contributed by atoms with Crippen LogP contribution in [-0.4, -0.2) is 45.4 Å². The number of esters is 1. The number of carbonyl (C=O) groups excluding carboxylic acids is 2. The molecule has 1 atom stereocenters. The zero-order valence-electron chi connectivity index (χ0n) is 18.2. The number of hydrogen-bond acceptors (Lipinski definition) is 7. The van der Waals surface area contributed by atoms with Gasteiger partial charge in [0, 0.05) is 23.6 Å². The predicted octanol–water partition coefficient (Wildman–Crippen LogP) is 3.49. The molecule has 1 aromatic heterocycles. The molecule has 2 aromatic carbocycles. The highest BCUT2D eigenvalue weighted by molar-refractivity contribution is 6.38. The van der Waals surface area contributed by atoms with E-state index in [1.54, 1.807) is 11.9 Å². The van der Waals surface area contributed by atoms with E-state index in [2.05, 4.69) is 25.6 Å². The SMILES string of the molecule is CCOC(=O)C1=NN(c2ccccc2)C(C(=O)Nc2ccc(-c3n[nH]c(C4CC4)n3)cc2)C1. The Morgan fingerprint density at radius 3 is 2.58 bits per heavy atom. The van der Waals surface area contributed by atoms with Crippen molar-refractivity contribution in [1.82, 2.24) is 15.2 Å². The number of amides is 1. The smallest absolute Gasteiger partial charge is 0.354 e. The van der Waals surface area contributed by atoms with E-state index in [1.807, 2.05) is 54.6 Å². The Bertz CT molecular complexity index is 1180. The normalized spacial score (nSPS) is 17.5. The molecule has 1 unspecified atom stereocenters. The van der Waals surface area contributed by atoms with Crippen molar-refractivity contribution in [3.8, 4) is 11.4 Å². The van der Waals surface area contributed by atoms with Crippen molar-refractivity contribution >= 4 is 29.0 Å². The molecular weight excluding hydrogens is 420 g/mol. The van der Waals surface area contributed by atoms with Crippen molar-refractivity contribution in [1.29, 1.82) is 0 Å². The molecule has 0 saturated heterocycles. The Hall–Kier alpha value is -4.01. The molecule has 5 rings (SSSR count). The lowest BCUT2D eigenvalue weighted by atomic mass is 10.1. The minimum Gasteiger partial charge on any atom is -0.461 e. The first kappa shape index (κ1) is 20.9. The number of benzene rings is 2. The van der Waals surface area contributed by atoms with Crippen LogP contribution in [0.1, 0.15) is 37.9 Å². The van der Waals surface area contributed by atoms with Gasteiger partial charge in [-0.15, -0.1) is 0 Å². The summed E-state index contributed by atoms with van der Waals surface area (Å²) in [7, 11) is 0. The van der Waals surface area contributed by atoms with E-state index in [0.717, 1.165) is 29.9 Å². The molecule has 1 aliphatic carbocycles. The highest BCUT2D eigenvalue weighted by Crippen LogP contribution is 2.38. The fraction of sp³-hybridized carbons (Fsp3) is 0.292. The number of ether oxygens (including phenoxy) is 1. The average Bonchev–Trinajstić information content (AvgIpc) is 3.39. The number of para-hydroxylation sites is 1. The summed E-state index contributed by atoms with van der Waals surface area (Å²) >= 11 is 0. The van der Waals surface area contributed by atoms with Gasteiger partial charge < -0.3 is 10.1 Å². The second-order valence-electron chi connectivity index (χ2n) is 8.05. The van der Waals surface area contributed by atoms with Gasteiger partial charge in [-0.25, -0.2) is 9.78 Å². The highest BCUT2D eigenvalue weighted by Gasteiger charge is 2.37. The van der Waals surface area contributed by atoms with Crippen LogP contribution >= 0.6 is 0 Å². The van der Waals surface area contributed by atoms with Crippen molar-refractivity contribution in [3.63, 3.8) is 0 Å². The van der Waals surface area contributed by atoms with Crippen LogP contribution in [0, 0.1) is 0 Å². The number of anilines is 2. The largest absolute Gasteiger partial charge is 0.461 e. The number of aromatic nitrogens is 3. The molecule has 168 valence electrons. The average molecular weight is 444 g/mol. The van der Waals surface area contributed by atoms with E-state index in [-0.39, 0.29) is 24.6 Å². The number of hydrazone groups is 1. The van der Waals surface area contributed by atoms with E-state index in [0.29, 0.717) is 17.4 Å². The molecule has 0 bridgehead atoms. The van der Waals surface area contributed by atoms with Crippen LogP contribution in [0.4, 0.5) is 11.4 Å². The minimum atomic E-state index is -0.666. The van der Waals surface area contributed by atoms with Crippen LogP contribution in [0.3, 0.4) is 0 Å². The fourth-order valence-electron chi connectivity index (χ4n) is 3.74. The Morgan fingerprint density at radius 1 is 1.12 bits per heavy atom. The maximum absolute atomic E-state index is 13.2. The lowest BCUT2D eigenvalue weighted by Crippen LogP contribution is -2.38. The number of H-pyrrole nitrogens is 1. The monoisotopic (exact) mass is 444 g/mol. The number of hydrogen-bond donors (Lipinski definition) is 2. The molecule has 1 aliphatic heterocycles. The van der Waals surface area contributed by atoms with E-state index in [1.165, 1.54) is 0 Å². The maximum atomic E-state index is 13.2. The lowest BCUT2D eigenvalue weighted by molar-refractivity contribution is -0.135. The Morgan fingerprint density at radius 2 is 1.88 bits per heavy atom. The number of carbonyl (C=O) groups is 2. The van der Waals surface area contributed by atoms with E-state index >= 15 is 0 Å². The first-order valence-electron chi connectivity index (χ1n) is 11.0. The lowest BCUT2D eigenvalue weighted by Gasteiger charge is -2.22. The summed E-state index contributed by atoms with van der Waals surface area (Å²) in [5.74, 6) is 1.32. The fourth-order valence-corrected chi connectivity index (χ4v) is 3.74. The van der Waals surface area contributed by atoms with Gasteiger partial charge in [0.2, 0.25) is 5.91 Å². The van der Waals surface area contributed by atoms with Crippen LogP contribution in [-0.2, 0) is 14.3 Å². The van der Waals surface area contributed by atoms with Gasteiger partial charge in [0.25, 0.3) is 0 Å². The van der Waals surface area contributed by atoms with Crippen LogP contribution in [0.2, 0.25) is 0 Å². The summed E-state index contributed by atoms with van der Waals surface area (Å²) in [6, 6.07) is 16.0. The molecule has 2 N–H and O–H groups in total. The van der Waals surface area contributed by atoms with Gasteiger partial charge in [-0.05, 0) is 56.2 Å². The molecule has 1 saturated carbocycles. The Kier molecular flexibility index (Phi) is 5.60. The Balaban J connectivity index is 1.30. The molecule has 9 nitrogen and oxygen atoms in total. The molecule has 1 amide bonds. The van der Waals surface area contributed by atoms with Crippen LogP contribution < -0.4 is 10.3 Å². The summed E-state index contributed by atoms with van der Waals surface area (Å²) in [5.41, 5.74) is 2.46. The number of nitrogens with zero attached hydrogens (tertiary/aromatic N) is 4. The van der Waals surface area contributed by atoms with Crippen LogP contribution in [0.5, 0.6) is 0 Å². The first-order valence-corrected chi connectivity index (χ1v) is 11.0. The van der Waals surface area contributed by atoms with Crippen molar-refractivity contribution in [2.45, 2.75) is 38.1 Å². The number of rotatable bonds is 7. The zero-order valence-corrected chi connectivity index (χ0v) is 18.2. The van der Waals surface area contributed by atoms with E-state index in [9.17, 15) is 9.59 Å². The number of nitrogens with one attached hydrogen (secondary N) is 2.